The van der Waals surface area contributed by atoms with Gasteiger partial charge in [0.15, 0.2) is 11.0 Å². The molecule has 3 rings (SSSR count). The van der Waals surface area contributed by atoms with E-state index in [-0.39, 0.29) is 28.5 Å². The first-order chi connectivity index (χ1) is 16.1. The average Bonchev–Trinajstić information content (AvgIpc) is 2.76. The van der Waals surface area contributed by atoms with Crippen LogP contribution in [0.15, 0.2) is 24.3 Å². The van der Waals surface area contributed by atoms with Crippen molar-refractivity contribution in [3.05, 3.63) is 40.5 Å². The largest absolute Gasteiger partial charge is 0.465 e. The molecule has 1 N–H and O–H groups in total. The van der Waals surface area contributed by atoms with E-state index in [1.807, 2.05) is 52.0 Å². The van der Waals surface area contributed by atoms with E-state index in [2.05, 4.69) is 15.2 Å². The molecule has 1 unspecified atom stereocenters. The predicted octanol–water partition coefficient (Wildman–Crippen LogP) is 5.45. The molecule has 1 fully saturated rings. The lowest BCUT2D eigenvalue weighted by atomic mass is 9.98. The maximum absolute atomic E-state index is 12.5. The van der Waals surface area contributed by atoms with Crippen molar-refractivity contribution in [1.29, 1.82) is 0 Å². The normalized spacial score (nSPS) is 16.2. The predicted molar refractivity (Wildman–Crippen MR) is 133 cm³/mol. The Morgan fingerprint density at radius 3 is 2.68 bits per heavy atom. The monoisotopic (exact) mass is 488 g/mol. The molecule has 184 valence electrons. The van der Waals surface area contributed by atoms with Crippen LogP contribution in [-0.2, 0) is 14.3 Å². The number of nitrogens with zero attached hydrogens (tertiary/aromatic N) is 3. The van der Waals surface area contributed by atoms with Crippen molar-refractivity contribution in [3.63, 3.8) is 0 Å². The van der Waals surface area contributed by atoms with Gasteiger partial charge in [-0.3, -0.25) is 4.79 Å². The number of benzene rings is 1. The molecule has 0 amide bonds. The quantitative estimate of drug-likeness (QED) is 0.406. The van der Waals surface area contributed by atoms with Crippen LogP contribution in [0.5, 0.6) is 0 Å². The molecule has 1 saturated heterocycles. The number of carbonyl (C=O) groups is 2. The summed E-state index contributed by atoms with van der Waals surface area (Å²) in [4.78, 5) is 36.0. The number of rotatable bonds is 7. The van der Waals surface area contributed by atoms with E-state index < -0.39 is 11.6 Å². The van der Waals surface area contributed by atoms with E-state index in [0.717, 1.165) is 37.1 Å². The van der Waals surface area contributed by atoms with E-state index in [4.69, 9.17) is 26.1 Å². The number of methoxy groups -OCH3 is 1. The molecule has 2 heterocycles. The van der Waals surface area contributed by atoms with Crippen molar-refractivity contribution >= 4 is 41.0 Å². The maximum Gasteiger partial charge on any atom is 0.344 e. The van der Waals surface area contributed by atoms with Crippen LogP contribution in [-0.4, -0.2) is 47.2 Å². The van der Waals surface area contributed by atoms with Crippen LogP contribution < -0.4 is 10.2 Å². The van der Waals surface area contributed by atoms with Crippen LogP contribution in [0, 0.1) is 6.92 Å². The summed E-state index contributed by atoms with van der Waals surface area (Å²) in [6.45, 7) is 8.29. The van der Waals surface area contributed by atoms with E-state index in [0.29, 0.717) is 18.8 Å². The Kier molecular flexibility index (Phi) is 8.36. The first-order valence-electron chi connectivity index (χ1n) is 11.6. The Balaban J connectivity index is 1.89. The fourth-order valence-corrected chi connectivity index (χ4v) is 4.27. The van der Waals surface area contributed by atoms with Gasteiger partial charge in [-0.1, -0.05) is 23.7 Å². The molecular weight excluding hydrogens is 456 g/mol. The molecule has 1 aromatic heterocycles. The molecule has 0 spiro atoms. The van der Waals surface area contributed by atoms with Gasteiger partial charge in [-0.15, -0.1) is 0 Å². The van der Waals surface area contributed by atoms with E-state index in [1.54, 1.807) is 0 Å². The number of hydrogen-bond acceptors (Lipinski definition) is 8. The van der Waals surface area contributed by atoms with Crippen LogP contribution in [0.25, 0.3) is 0 Å². The smallest absolute Gasteiger partial charge is 0.344 e. The lowest BCUT2D eigenvalue weighted by Crippen LogP contribution is -2.41. The minimum atomic E-state index is -0.619. The third kappa shape index (κ3) is 6.82. The van der Waals surface area contributed by atoms with Gasteiger partial charge >= 0.3 is 11.9 Å². The molecule has 1 aliphatic heterocycles. The second-order valence-electron chi connectivity index (χ2n) is 9.49. The first kappa shape index (κ1) is 25.7. The summed E-state index contributed by atoms with van der Waals surface area (Å²) in [5.41, 5.74) is 1.39. The topological polar surface area (TPSA) is 93.7 Å². The molecule has 9 heteroatoms. The number of hydrogen-bond donors (Lipinski definition) is 1. The fraction of sp³-hybridized carbons (Fsp3) is 0.520. The van der Waals surface area contributed by atoms with Crippen molar-refractivity contribution in [2.24, 2.45) is 0 Å². The summed E-state index contributed by atoms with van der Waals surface area (Å²) in [7, 11) is 1.29. The lowest BCUT2D eigenvalue weighted by Gasteiger charge is -2.36. The second kappa shape index (κ2) is 11.0. The third-order valence-corrected chi connectivity index (χ3v) is 5.78. The standard InChI is InChI=1S/C25H33ClN4O4/c1-16-9-8-10-17(15-16)27-22-20(23(32)33-5)21(26)28-24(29-22)30-14-7-6-11-18(30)12-13-19(31)34-25(2,3)4/h8-10,15,18H,6-7,11-14H2,1-5H3,(H,27,28,29). The maximum atomic E-state index is 12.5. The Labute approximate surface area is 206 Å². The van der Waals surface area contributed by atoms with Gasteiger partial charge in [0.2, 0.25) is 5.95 Å². The zero-order valence-electron chi connectivity index (χ0n) is 20.5. The summed E-state index contributed by atoms with van der Waals surface area (Å²) in [6.07, 6.45) is 3.86. The SMILES string of the molecule is COC(=O)c1c(Cl)nc(N2CCCCC2CCC(=O)OC(C)(C)C)nc1Nc1cccc(C)c1. The van der Waals surface area contributed by atoms with Crippen molar-refractivity contribution < 1.29 is 19.1 Å². The summed E-state index contributed by atoms with van der Waals surface area (Å²) >= 11 is 6.48. The van der Waals surface area contributed by atoms with Crippen LogP contribution >= 0.6 is 11.6 Å². The summed E-state index contributed by atoms with van der Waals surface area (Å²) in [5.74, 6) is -0.141. The number of anilines is 3. The molecular formula is C25H33ClN4O4. The molecule has 0 saturated carbocycles. The number of halogens is 1. The Morgan fingerprint density at radius 1 is 1.24 bits per heavy atom. The van der Waals surface area contributed by atoms with Gasteiger partial charge in [-0.05, 0) is 71.1 Å². The van der Waals surface area contributed by atoms with Crippen LogP contribution in [0.4, 0.5) is 17.5 Å². The number of piperidine rings is 1. The lowest BCUT2D eigenvalue weighted by molar-refractivity contribution is -0.155. The number of carbonyl (C=O) groups excluding carboxylic acids is 2. The molecule has 0 bridgehead atoms. The molecule has 1 aromatic carbocycles. The van der Waals surface area contributed by atoms with Gasteiger partial charge in [0.05, 0.1) is 7.11 Å². The minimum Gasteiger partial charge on any atom is -0.465 e. The zero-order chi connectivity index (χ0) is 24.9. The average molecular weight is 489 g/mol. The molecule has 34 heavy (non-hydrogen) atoms. The van der Waals surface area contributed by atoms with E-state index in [1.165, 1.54) is 7.11 Å². The van der Waals surface area contributed by atoms with Gasteiger partial charge in [-0.25, -0.2) is 4.79 Å². The number of aryl methyl sites for hydroxylation is 1. The highest BCUT2D eigenvalue weighted by molar-refractivity contribution is 6.33. The molecule has 8 nitrogen and oxygen atoms in total. The Hall–Kier alpha value is -2.87. The summed E-state index contributed by atoms with van der Waals surface area (Å²) in [6, 6.07) is 7.79. The highest BCUT2D eigenvalue weighted by atomic mass is 35.5. The second-order valence-corrected chi connectivity index (χ2v) is 9.85. The van der Waals surface area contributed by atoms with Crippen molar-refractivity contribution in [3.8, 4) is 0 Å². The number of aromatic nitrogens is 2. The van der Waals surface area contributed by atoms with Gasteiger partial charge < -0.3 is 19.7 Å². The van der Waals surface area contributed by atoms with Crippen LogP contribution in [0.3, 0.4) is 0 Å². The van der Waals surface area contributed by atoms with E-state index >= 15 is 0 Å². The first-order valence-corrected chi connectivity index (χ1v) is 11.9. The summed E-state index contributed by atoms with van der Waals surface area (Å²) < 4.78 is 10.4. The molecule has 0 aliphatic carbocycles. The van der Waals surface area contributed by atoms with Gasteiger partial charge in [-0.2, -0.15) is 9.97 Å². The number of nitrogens with one attached hydrogen (secondary N) is 1. The Morgan fingerprint density at radius 2 is 2.00 bits per heavy atom. The number of esters is 2. The Bertz CT molecular complexity index is 1040. The molecule has 2 aromatic rings. The van der Waals surface area contributed by atoms with Crippen LogP contribution in [0.2, 0.25) is 5.15 Å². The van der Waals surface area contributed by atoms with E-state index in [9.17, 15) is 9.59 Å². The molecule has 0 radical (unpaired) electrons. The highest BCUT2D eigenvalue weighted by Crippen LogP contribution is 2.31. The van der Waals surface area contributed by atoms with Gasteiger partial charge in [0, 0.05) is 24.7 Å². The van der Waals surface area contributed by atoms with Gasteiger partial charge in [0.1, 0.15) is 11.2 Å². The van der Waals surface area contributed by atoms with Crippen molar-refractivity contribution in [2.75, 3.05) is 23.9 Å². The van der Waals surface area contributed by atoms with Crippen molar-refractivity contribution in [1.82, 2.24) is 9.97 Å². The van der Waals surface area contributed by atoms with Gasteiger partial charge in [0.25, 0.3) is 0 Å². The minimum absolute atomic E-state index is 0.0171. The molecule has 1 atom stereocenters. The number of ether oxygens (including phenoxy) is 2. The third-order valence-electron chi connectivity index (χ3n) is 5.51. The molecule has 1 aliphatic rings. The fourth-order valence-electron chi connectivity index (χ4n) is 4.02. The van der Waals surface area contributed by atoms with Crippen LogP contribution in [0.1, 0.15) is 68.8 Å². The zero-order valence-corrected chi connectivity index (χ0v) is 21.2. The summed E-state index contributed by atoms with van der Waals surface area (Å²) in [5, 5.41) is 3.22. The van der Waals surface area contributed by atoms with Crippen molar-refractivity contribution in [2.45, 2.75) is 71.4 Å². The highest BCUT2D eigenvalue weighted by Gasteiger charge is 2.29.